The molecule has 0 aliphatic carbocycles. The van der Waals surface area contributed by atoms with E-state index in [2.05, 4.69) is 9.97 Å². The van der Waals surface area contributed by atoms with Gasteiger partial charge in [0.05, 0.1) is 0 Å². The van der Waals surface area contributed by atoms with Crippen molar-refractivity contribution >= 4 is 17.5 Å². The Morgan fingerprint density at radius 2 is 1.72 bits per heavy atom. The Morgan fingerprint density at radius 3 is 2.33 bits per heavy atom. The lowest BCUT2D eigenvalue weighted by molar-refractivity contribution is 0.852. The van der Waals surface area contributed by atoms with Gasteiger partial charge in [-0.05, 0) is 31.5 Å². The van der Waals surface area contributed by atoms with Crippen LogP contribution in [0.25, 0.3) is 0 Å². The molecule has 0 aliphatic heterocycles. The highest BCUT2D eigenvalue weighted by Gasteiger charge is 2.08. The number of nitrogens with zero attached hydrogens (tertiary/aromatic N) is 3. The fourth-order valence-electron chi connectivity index (χ4n) is 1.83. The van der Waals surface area contributed by atoms with Gasteiger partial charge in [-0.15, -0.1) is 0 Å². The Balaban J connectivity index is 2.22. The van der Waals surface area contributed by atoms with Gasteiger partial charge in [-0.25, -0.2) is 9.97 Å². The second kappa shape index (κ2) is 5.36. The lowest BCUT2D eigenvalue weighted by atomic mass is 10.2. The lowest BCUT2D eigenvalue weighted by Gasteiger charge is -2.18. The molecule has 0 saturated carbocycles. The third-order valence-corrected chi connectivity index (χ3v) is 3.05. The van der Waals surface area contributed by atoms with Crippen molar-refractivity contribution in [3.8, 4) is 0 Å². The van der Waals surface area contributed by atoms with Crippen LogP contribution in [-0.4, -0.2) is 17.0 Å². The zero-order chi connectivity index (χ0) is 13.1. The number of hydrogen-bond donors (Lipinski definition) is 0. The van der Waals surface area contributed by atoms with E-state index >= 15 is 0 Å². The fourth-order valence-corrected chi connectivity index (χ4v) is 2.03. The molecule has 0 radical (unpaired) electrons. The maximum atomic E-state index is 6.15. The summed E-state index contributed by atoms with van der Waals surface area (Å²) in [6.07, 6.45) is 0. The zero-order valence-electron chi connectivity index (χ0n) is 10.8. The van der Waals surface area contributed by atoms with Gasteiger partial charge in [0, 0.05) is 30.0 Å². The van der Waals surface area contributed by atoms with Crippen molar-refractivity contribution < 1.29 is 0 Å². The molecular weight excluding hydrogens is 246 g/mol. The Hall–Kier alpha value is -1.61. The summed E-state index contributed by atoms with van der Waals surface area (Å²) in [4.78, 5) is 10.9. The van der Waals surface area contributed by atoms with Crippen LogP contribution in [0.5, 0.6) is 0 Å². The minimum absolute atomic E-state index is 0.697. The molecule has 2 aromatic rings. The first-order valence-corrected chi connectivity index (χ1v) is 6.21. The van der Waals surface area contributed by atoms with E-state index in [4.69, 9.17) is 11.6 Å². The van der Waals surface area contributed by atoms with Crippen molar-refractivity contribution in [3.05, 3.63) is 52.3 Å². The molecule has 0 N–H and O–H groups in total. The highest BCUT2D eigenvalue weighted by molar-refractivity contribution is 6.31. The van der Waals surface area contributed by atoms with Crippen molar-refractivity contribution in [2.75, 3.05) is 11.9 Å². The van der Waals surface area contributed by atoms with Gasteiger partial charge in [0.25, 0.3) is 0 Å². The molecule has 0 spiro atoms. The SMILES string of the molecule is Cc1cc(C)nc(N(C)Cc2ccccc2Cl)n1. The number of aryl methyl sites for hydroxylation is 2. The second-order valence-corrected chi connectivity index (χ2v) is 4.81. The monoisotopic (exact) mass is 261 g/mol. The summed E-state index contributed by atoms with van der Waals surface area (Å²) in [5.41, 5.74) is 3.02. The molecule has 1 aromatic carbocycles. The molecule has 0 fully saturated rings. The van der Waals surface area contributed by atoms with E-state index < -0.39 is 0 Å². The topological polar surface area (TPSA) is 29.0 Å². The predicted octanol–water partition coefficient (Wildman–Crippen LogP) is 3.38. The number of hydrogen-bond acceptors (Lipinski definition) is 3. The number of aromatic nitrogens is 2. The van der Waals surface area contributed by atoms with Crippen LogP contribution < -0.4 is 4.90 Å². The van der Waals surface area contributed by atoms with E-state index in [1.165, 1.54) is 0 Å². The van der Waals surface area contributed by atoms with E-state index in [1.54, 1.807) is 0 Å². The maximum Gasteiger partial charge on any atom is 0.225 e. The van der Waals surface area contributed by atoms with Crippen LogP contribution in [0.3, 0.4) is 0 Å². The van der Waals surface area contributed by atoms with Crippen LogP contribution in [0.15, 0.2) is 30.3 Å². The van der Waals surface area contributed by atoms with Gasteiger partial charge in [0.1, 0.15) is 0 Å². The molecule has 3 nitrogen and oxygen atoms in total. The van der Waals surface area contributed by atoms with Gasteiger partial charge >= 0.3 is 0 Å². The summed E-state index contributed by atoms with van der Waals surface area (Å²) in [5.74, 6) is 0.729. The van der Waals surface area contributed by atoms with E-state index in [9.17, 15) is 0 Å². The summed E-state index contributed by atoms with van der Waals surface area (Å²) in [7, 11) is 1.97. The smallest absolute Gasteiger partial charge is 0.225 e. The van der Waals surface area contributed by atoms with Crippen molar-refractivity contribution in [2.24, 2.45) is 0 Å². The van der Waals surface area contributed by atoms with E-state index in [1.807, 2.05) is 56.1 Å². The standard InChI is InChI=1S/C14H16ClN3/c1-10-8-11(2)17-14(16-10)18(3)9-12-6-4-5-7-13(12)15/h4-8H,9H2,1-3H3. The van der Waals surface area contributed by atoms with Crippen molar-refractivity contribution in [2.45, 2.75) is 20.4 Å². The molecule has 4 heteroatoms. The maximum absolute atomic E-state index is 6.15. The zero-order valence-corrected chi connectivity index (χ0v) is 11.6. The molecule has 94 valence electrons. The molecule has 0 saturated heterocycles. The number of rotatable bonds is 3. The van der Waals surface area contributed by atoms with Gasteiger partial charge in [-0.1, -0.05) is 29.8 Å². The normalized spacial score (nSPS) is 10.4. The van der Waals surface area contributed by atoms with Crippen LogP contribution in [0.1, 0.15) is 17.0 Å². The largest absolute Gasteiger partial charge is 0.339 e. The Labute approximate surface area is 112 Å². The Morgan fingerprint density at radius 1 is 1.11 bits per heavy atom. The third-order valence-electron chi connectivity index (χ3n) is 2.68. The first kappa shape index (κ1) is 12.8. The molecule has 2 rings (SSSR count). The van der Waals surface area contributed by atoms with E-state index in [0.717, 1.165) is 27.9 Å². The van der Waals surface area contributed by atoms with Crippen LogP contribution >= 0.6 is 11.6 Å². The van der Waals surface area contributed by atoms with E-state index in [0.29, 0.717) is 6.54 Å². The molecular formula is C14H16ClN3. The van der Waals surface area contributed by atoms with Crippen molar-refractivity contribution in [1.82, 2.24) is 9.97 Å². The minimum Gasteiger partial charge on any atom is -0.339 e. The van der Waals surface area contributed by atoms with Gasteiger partial charge in [0.2, 0.25) is 5.95 Å². The lowest BCUT2D eigenvalue weighted by Crippen LogP contribution is -2.20. The fraction of sp³-hybridized carbons (Fsp3) is 0.286. The van der Waals surface area contributed by atoms with Crippen LogP contribution in [0.4, 0.5) is 5.95 Å². The molecule has 1 aromatic heterocycles. The number of halogens is 1. The Bertz CT molecular complexity index is 534. The van der Waals surface area contributed by atoms with Gasteiger partial charge in [-0.3, -0.25) is 0 Å². The van der Waals surface area contributed by atoms with Crippen molar-refractivity contribution in [3.63, 3.8) is 0 Å². The summed E-state index contributed by atoms with van der Waals surface area (Å²) in [6.45, 7) is 4.64. The summed E-state index contributed by atoms with van der Waals surface area (Å²) >= 11 is 6.15. The van der Waals surface area contributed by atoms with Gasteiger partial charge < -0.3 is 4.90 Å². The van der Waals surface area contributed by atoms with E-state index in [-0.39, 0.29) is 0 Å². The first-order chi connectivity index (χ1) is 8.56. The predicted molar refractivity (Wildman–Crippen MR) is 75.1 cm³/mol. The molecule has 0 unspecified atom stereocenters. The quantitative estimate of drug-likeness (QED) is 0.848. The molecule has 0 bridgehead atoms. The van der Waals surface area contributed by atoms with Crippen LogP contribution in [-0.2, 0) is 6.54 Å². The number of anilines is 1. The van der Waals surface area contributed by atoms with Gasteiger partial charge in [-0.2, -0.15) is 0 Å². The molecule has 0 amide bonds. The highest BCUT2D eigenvalue weighted by Crippen LogP contribution is 2.18. The van der Waals surface area contributed by atoms with Crippen molar-refractivity contribution in [1.29, 1.82) is 0 Å². The highest BCUT2D eigenvalue weighted by atomic mass is 35.5. The average molecular weight is 262 g/mol. The molecule has 18 heavy (non-hydrogen) atoms. The summed E-state index contributed by atoms with van der Waals surface area (Å²) in [5, 5.41) is 0.772. The minimum atomic E-state index is 0.697. The molecule has 1 heterocycles. The number of benzene rings is 1. The summed E-state index contributed by atoms with van der Waals surface area (Å²) < 4.78 is 0. The van der Waals surface area contributed by atoms with Gasteiger partial charge in [0.15, 0.2) is 0 Å². The van der Waals surface area contributed by atoms with Crippen LogP contribution in [0, 0.1) is 13.8 Å². The first-order valence-electron chi connectivity index (χ1n) is 5.83. The molecule has 0 aliphatic rings. The third kappa shape index (κ3) is 2.99. The second-order valence-electron chi connectivity index (χ2n) is 4.40. The summed E-state index contributed by atoms with van der Waals surface area (Å²) in [6, 6.07) is 9.79. The molecule has 0 atom stereocenters. The average Bonchev–Trinajstić information content (AvgIpc) is 2.31. The van der Waals surface area contributed by atoms with Crippen LogP contribution in [0.2, 0.25) is 5.02 Å². The Kier molecular flexibility index (Phi) is 3.82.